The molecule has 1 aromatic heterocycles. The highest BCUT2D eigenvalue weighted by atomic mass is 16.4. The predicted octanol–water partition coefficient (Wildman–Crippen LogP) is 1.34. The van der Waals surface area contributed by atoms with Crippen molar-refractivity contribution in [3.8, 4) is 0 Å². The molecule has 2 atom stereocenters. The zero-order valence-corrected chi connectivity index (χ0v) is 10.9. The van der Waals surface area contributed by atoms with Crippen molar-refractivity contribution in [3.05, 3.63) is 18.1 Å². The minimum atomic E-state index is -0.00330. The van der Waals surface area contributed by atoms with Gasteiger partial charge in [-0.05, 0) is 31.6 Å². The first kappa shape index (κ1) is 12.2. The van der Waals surface area contributed by atoms with Crippen molar-refractivity contribution in [2.45, 2.75) is 38.1 Å². The van der Waals surface area contributed by atoms with Gasteiger partial charge in [0.25, 0.3) is 0 Å². The molecule has 1 aliphatic carbocycles. The fourth-order valence-electron chi connectivity index (χ4n) is 3.39. The van der Waals surface area contributed by atoms with Gasteiger partial charge in [-0.1, -0.05) is 11.6 Å². The fourth-order valence-corrected chi connectivity index (χ4v) is 3.39. The smallest absolute Gasteiger partial charge is 0.190 e. The molecule has 0 amide bonds. The Hall–Kier alpha value is -1.85. The first-order chi connectivity index (χ1) is 9.29. The molecule has 0 radical (unpaired) electrons. The Labute approximate surface area is 112 Å². The van der Waals surface area contributed by atoms with Gasteiger partial charge in [0.05, 0.1) is 12.4 Å². The number of aromatic nitrogens is 2. The summed E-state index contributed by atoms with van der Waals surface area (Å²) >= 11 is 0. The van der Waals surface area contributed by atoms with E-state index in [0.29, 0.717) is 11.7 Å². The van der Waals surface area contributed by atoms with E-state index in [1.54, 1.807) is 12.4 Å². The van der Waals surface area contributed by atoms with Crippen molar-refractivity contribution < 1.29 is 5.21 Å². The Kier molecular flexibility index (Phi) is 3.23. The molecule has 1 aliphatic heterocycles. The summed E-state index contributed by atoms with van der Waals surface area (Å²) in [5.74, 6) is 1.72. The summed E-state index contributed by atoms with van der Waals surface area (Å²) < 4.78 is 0. The Morgan fingerprint density at radius 1 is 1.26 bits per heavy atom. The summed E-state index contributed by atoms with van der Waals surface area (Å²) in [6.07, 6.45) is 9.80. The molecule has 0 aromatic carbocycles. The van der Waals surface area contributed by atoms with Gasteiger partial charge in [-0.25, -0.2) is 9.97 Å². The monoisotopic (exact) mass is 261 g/mol. The lowest BCUT2D eigenvalue weighted by atomic mass is 9.92. The lowest BCUT2D eigenvalue weighted by Crippen LogP contribution is -2.43. The van der Waals surface area contributed by atoms with Crippen LogP contribution < -0.4 is 10.6 Å². The zero-order chi connectivity index (χ0) is 13.2. The van der Waals surface area contributed by atoms with Crippen LogP contribution in [0.15, 0.2) is 17.5 Å². The minimum absolute atomic E-state index is 0.00330. The standard InChI is InChI=1S/C13H19N5O/c14-13(17-19)10-7-16-12(8-15-10)18-6-2-4-9-3-1-5-11(9)18/h7-9,11,19H,1-6H2,(H2,14,17). The number of fused-ring (bicyclic) bond motifs is 1. The van der Waals surface area contributed by atoms with Crippen LogP contribution in [0.1, 0.15) is 37.8 Å². The van der Waals surface area contributed by atoms with Crippen LogP contribution in [-0.4, -0.2) is 33.6 Å². The number of nitrogens with two attached hydrogens (primary N) is 1. The second-order valence-electron chi connectivity index (χ2n) is 5.34. The van der Waals surface area contributed by atoms with Gasteiger partial charge in [-0.15, -0.1) is 0 Å². The van der Waals surface area contributed by atoms with E-state index in [-0.39, 0.29) is 5.84 Å². The van der Waals surface area contributed by atoms with E-state index in [2.05, 4.69) is 20.0 Å². The fraction of sp³-hybridized carbons (Fsp3) is 0.615. The molecule has 6 heteroatoms. The van der Waals surface area contributed by atoms with Gasteiger partial charge in [0.2, 0.25) is 0 Å². The molecule has 1 saturated heterocycles. The SMILES string of the molecule is NC(=NO)c1cnc(N2CCCC3CCCC32)cn1. The normalized spacial score (nSPS) is 27.4. The number of oxime groups is 1. The molecule has 1 saturated carbocycles. The second-order valence-corrected chi connectivity index (χ2v) is 5.34. The number of amidine groups is 1. The molecule has 19 heavy (non-hydrogen) atoms. The van der Waals surface area contributed by atoms with E-state index in [1.165, 1.54) is 32.1 Å². The molecule has 6 nitrogen and oxygen atoms in total. The van der Waals surface area contributed by atoms with Crippen LogP contribution in [0.4, 0.5) is 5.82 Å². The van der Waals surface area contributed by atoms with E-state index in [4.69, 9.17) is 10.9 Å². The first-order valence-corrected chi connectivity index (χ1v) is 6.86. The van der Waals surface area contributed by atoms with Crippen LogP contribution in [-0.2, 0) is 0 Å². The van der Waals surface area contributed by atoms with Crippen LogP contribution in [0.2, 0.25) is 0 Å². The summed E-state index contributed by atoms with van der Waals surface area (Å²) in [5, 5.41) is 11.5. The molecule has 3 N–H and O–H groups in total. The van der Waals surface area contributed by atoms with Crippen LogP contribution in [0.5, 0.6) is 0 Å². The zero-order valence-electron chi connectivity index (χ0n) is 10.9. The lowest BCUT2D eigenvalue weighted by Gasteiger charge is -2.38. The van der Waals surface area contributed by atoms with Gasteiger partial charge in [-0.2, -0.15) is 0 Å². The summed E-state index contributed by atoms with van der Waals surface area (Å²) in [4.78, 5) is 11.0. The van der Waals surface area contributed by atoms with Crippen molar-refractivity contribution in [1.29, 1.82) is 0 Å². The molecule has 102 valence electrons. The summed E-state index contributed by atoms with van der Waals surface area (Å²) in [6, 6.07) is 0.623. The number of rotatable bonds is 2. The third-order valence-electron chi connectivity index (χ3n) is 4.30. The van der Waals surface area contributed by atoms with Crippen molar-refractivity contribution in [1.82, 2.24) is 9.97 Å². The second kappa shape index (κ2) is 5.03. The summed E-state index contributed by atoms with van der Waals surface area (Å²) in [6.45, 7) is 1.05. The quantitative estimate of drug-likeness (QED) is 0.363. The van der Waals surface area contributed by atoms with E-state index >= 15 is 0 Å². The van der Waals surface area contributed by atoms with Gasteiger partial charge in [0.15, 0.2) is 5.84 Å². The third kappa shape index (κ3) is 2.22. The van der Waals surface area contributed by atoms with Gasteiger partial charge >= 0.3 is 0 Å². The predicted molar refractivity (Wildman–Crippen MR) is 72.3 cm³/mol. The maximum Gasteiger partial charge on any atom is 0.190 e. The summed E-state index contributed by atoms with van der Waals surface area (Å²) in [7, 11) is 0. The molecule has 2 heterocycles. The Balaban J connectivity index is 1.81. The maximum atomic E-state index is 8.61. The Morgan fingerprint density at radius 2 is 2.11 bits per heavy atom. The van der Waals surface area contributed by atoms with E-state index < -0.39 is 0 Å². The molecular formula is C13H19N5O. The van der Waals surface area contributed by atoms with Gasteiger partial charge < -0.3 is 15.8 Å². The van der Waals surface area contributed by atoms with Crippen molar-refractivity contribution in [2.24, 2.45) is 16.8 Å². The molecule has 2 aliphatic rings. The molecular weight excluding hydrogens is 242 g/mol. The highest BCUT2D eigenvalue weighted by molar-refractivity contribution is 5.94. The number of piperidine rings is 1. The van der Waals surface area contributed by atoms with Crippen molar-refractivity contribution in [2.75, 3.05) is 11.4 Å². The largest absolute Gasteiger partial charge is 0.409 e. The molecule has 0 bridgehead atoms. The van der Waals surface area contributed by atoms with Crippen LogP contribution in [0.25, 0.3) is 0 Å². The van der Waals surface area contributed by atoms with Gasteiger partial charge in [-0.3, -0.25) is 0 Å². The van der Waals surface area contributed by atoms with Gasteiger partial charge in [0, 0.05) is 12.6 Å². The van der Waals surface area contributed by atoms with Gasteiger partial charge in [0.1, 0.15) is 11.5 Å². The number of anilines is 1. The van der Waals surface area contributed by atoms with E-state index in [0.717, 1.165) is 18.3 Å². The number of nitrogens with zero attached hydrogens (tertiary/aromatic N) is 4. The molecule has 1 aromatic rings. The number of hydrogen-bond acceptors (Lipinski definition) is 5. The highest BCUT2D eigenvalue weighted by Crippen LogP contribution is 2.38. The summed E-state index contributed by atoms with van der Waals surface area (Å²) in [5.41, 5.74) is 5.90. The topological polar surface area (TPSA) is 87.6 Å². The van der Waals surface area contributed by atoms with E-state index in [1.807, 2.05) is 0 Å². The first-order valence-electron chi connectivity index (χ1n) is 6.86. The average molecular weight is 261 g/mol. The van der Waals surface area contributed by atoms with Crippen LogP contribution in [0, 0.1) is 5.92 Å². The Bertz CT molecular complexity index is 472. The van der Waals surface area contributed by atoms with Crippen molar-refractivity contribution >= 4 is 11.7 Å². The van der Waals surface area contributed by atoms with E-state index in [9.17, 15) is 0 Å². The van der Waals surface area contributed by atoms with Crippen LogP contribution >= 0.6 is 0 Å². The average Bonchev–Trinajstić information content (AvgIpc) is 2.95. The maximum absolute atomic E-state index is 8.61. The molecule has 3 rings (SSSR count). The molecule has 2 fully saturated rings. The lowest BCUT2D eigenvalue weighted by molar-refractivity contribution is 0.318. The van der Waals surface area contributed by atoms with Crippen molar-refractivity contribution in [3.63, 3.8) is 0 Å². The highest BCUT2D eigenvalue weighted by Gasteiger charge is 2.35. The number of hydrogen-bond donors (Lipinski definition) is 2. The third-order valence-corrected chi connectivity index (χ3v) is 4.30. The van der Waals surface area contributed by atoms with Crippen LogP contribution in [0.3, 0.4) is 0 Å². The molecule has 2 unspecified atom stereocenters. The minimum Gasteiger partial charge on any atom is -0.409 e. The Morgan fingerprint density at radius 3 is 2.84 bits per heavy atom. The molecule has 0 spiro atoms.